The average Bonchev–Trinajstić information content (AvgIpc) is 3.36. The number of imidazole rings is 1. The lowest BCUT2D eigenvalue weighted by atomic mass is 10.0. The van der Waals surface area contributed by atoms with E-state index in [0.717, 1.165) is 81.6 Å². The second kappa shape index (κ2) is 7.93. The number of nitrogens with one attached hydrogen (secondary N) is 1. The van der Waals surface area contributed by atoms with Crippen LogP contribution in [0.5, 0.6) is 0 Å². The molecular formula is C23H28N6OS. The predicted molar refractivity (Wildman–Crippen MR) is 124 cm³/mol. The predicted octanol–water partition coefficient (Wildman–Crippen LogP) is 2.60. The number of hydrogen-bond donors (Lipinski definition) is 1. The Morgan fingerprint density at radius 2 is 2.00 bits per heavy atom. The van der Waals surface area contributed by atoms with Crippen LogP contribution in [0.4, 0.5) is 0 Å². The fourth-order valence-electron chi connectivity index (χ4n) is 4.67. The number of para-hydroxylation sites is 2. The molecule has 0 unspecified atom stereocenters. The first-order chi connectivity index (χ1) is 15.3. The van der Waals surface area contributed by atoms with Crippen molar-refractivity contribution in [1.82, 2.24) is 24.9 Å². The molecule has 162 valence electrons. The van der Waals surface area contributed by atoms with Crippen molar-refractivity contribution in [3.8, 4) is 0 Å². The topological polar surface area (TPSA) is 58.5 Å². The molecule has 3 aromatic rings. The Bertz CT molecular complexity index is 1120. The zero-order chi connectivity index (χ0) is 20.8. The van der Waals surface area contributed by atoms with Crippen LogP contribution in [-0.2, 0) is 24.1 Å². The van der Waals surface area contributed by atoms with Gasteiger partial charge in [-0.1, -0.05) is 19.1 Å². The normalized spacial score (nSPS) is 19.5. The van der Waals surface area contributed by atoms with Gasteiger partial charge in [0.25, 0.3) is 0 Å². The number of morpholine rings is 1. The van der Waals surface area contributed by atoms with Crippen LogP contribution in [0.3, 0.4) is 0 Å². The SMILES string of the molecule is CCc1nc2ccccc2n1N1C=C(N2CCOCC2)c2nc(CC3CNC3)sc2C1. The van der Waals surface area contributed by atoms with E-state index in [4.69, 9.17) is 14.7 Å². The Hall–Kier alpha value is -2.42. The van der Waals surface area contributed by atoms with Crippen LogP contribution in [0.2, 0.25) is 0 Å². The summed E-state index contributed by atoms with van der Waals surface area (Å²) in [6, 6.07) is 8.43. The van der Waals surface area contributed by atoms with Crippen molar-refractivity contribution >= 4 is 28.1 Å². The Morgan fingerprint density at radius 1 is 1.16 bits per heavy atom. The highest BCUT2D eigenvalue weighted by molar-refractivity contribution is 7.11. The molecule has 0 amide bonds. The summed E-state index contributed by atoms with van der Waals surface area (Å²) in [5, 5.41) is 6.99. The molecule has 2 aromatic heterocycles. The first-order valence-electron chi connectivity index (χ1n) is 11.3. The number of benzene rings is 1. The van der Waals surface area contributed by atoms with Crippen LogP contribution in [-0.4, -0.2) is 58.9 Å². The van der Waals surface area contributed by atoms with Crippen molar-refractivity contribution in [3.63, 3.8) is 0 Å². The number of rotatable bonds is 5. The van der Waals surface area contributed by atoms with E-state index in [1.165, 1.54) is 21.3 Å². The number of fused-ring (bicyclic) bond motifs is 2. The van der Waals surface area contributed by atoms with Gasteiger partial charge in [0.15, 0.2) is 0 Å². The first kappa shape index (κ1) is 19.3. The van der Waals surface area contributed by atoms with E-state index in [2.05, 4.69) is 57.3 Å². The molecule has 7 nitrogen and oxygen atoms in total. The van der Waals surface area contributed by atoms with E-state index in [-0.39, 0.29) is 0 Å². The Kier molecular flexibility index (Phi) is 4.93. The number of thiazole rings is 1. The minimum atomic E-state index is 0.726. The molecule has 2 saturated heterocycles. The maximum atomic E-state index is 5.63. The largest absolute Gasteiger partial charge is 0.378 e. The van der Waals surface area contributed by atoms with Crippen molar-refractivity contribution < 1.29 is 4.74 Å². The monoisotopic (exact) mass is 436 g/mol. The van der Waals surface area contributed by atoms with E-state index in [1.54, 1.807) is 0 Å². The summed E-state index contributed by atoms with van der Waals surface area (Å²) in [5.41, 5.74) is 4.60. The van der Waals surface area contributed by atoms with Gasteiger partial charge in [-0.15, -0.1) is 11.3 Å². The molecule has 8 heteroatoms. The fourth-order valence-corrected chi connectivity index (χ4v) is 5.86. The molecule has 0 spiro atoms. The van der Waals surface area contributed by atoms with E-state index in [0.29, 0.717) is 0 Å². The number of ether oxygens (including phenoxy) is 1. The average molecular weight is 437 g/mol. The molecular weight excluding hydrogens is 408 g/mol. The number of aromatic nitrogens is 3. The van der Waals surface area contributed by atoms with E-state index >= 15 is 0 Å². The van der Waals surface area contributed by atoms with E-state index in [1.807, 2.05) is 11.3 Å². The zero-order valence-electron chi connectivity index (χ0n) is 17.9. The van der Waals surface area contributed by atoms with Crippen LogP contribution in [0.15, 0.2) is 30.5 Å². The molecule has 1 aromatic carbocycles. The van der Waals surface area contributed by atoms with Crippen LogP contribution in [0, 0.1) is 5.92 Å². The van der Waals surface area contributed by atoms with Crippen molar-refractivity contribution in [1.29, 1.82) is 0 Å². The smallest absolute Gasteiger partial charge is 0.129 e. The zero-order valence-corrected chi connectivity index (χ0v) is 18.7. The Morgan fingerprint density at radius 3 is 2.77 bits per heavy atom. The van der Waals surface area contributed by atoms with Gasteiger partial charge in [-0.2, -0.15) is 0 Å². The quantitative estimate of drug-likeness (QED) is 0.664. The molecule has 2 fully saturated rings. The molecule has 6 rings (SSSR count). The second-order valence-electron chi connectivity index (χ2n) is 8.50. The summed E-state index contributed by atoms with van der Waals surface area (Å²) in [5.74, 6) is 1.82. The molecule has 0 atom stereocenters. The van der Waals surface area contributed by atoms with Crippen molar-refractivity contribution in [2.24, 2.45) is 5.92 Å². The summed E-state index contributed by atoms with van der Waals surface area (Å²) in [6.07, 6.45) is 4.26. The third-order valence-electron chi connectivity index (χ3n) is 6.42. The molecule has 3 aliphatic rings. The molecule has 0 aliphatic carbocycles. The lowest BCUT2D eigenvalue weighted by Crippen LogP contribution is -2.43. The van der Waals surface area contributed by atoms with Crippen LogP contribution in [0.1, 0.15) is 28.3 Å². The van der Waals surface area contributed by atoms with Crippen LogP contribution < -0.4 is 10.3 Å². The van der Waals surface area contributed by atoms with Gasteiger partial charge in [-0.05, 0) is 31.1 Å². The standard InChI is InChI=1S/C23H28N6OS/c1-2-21-25-17-5-3-4-6-18(17)29(21)28-14-19(27-7-9-30-10-8-27)23-20(15-28)31-22(26-23)11-16-12-24-13-16/h3-6,14,16,24H,2,7-13,15H2,1H3. The maximum absolute atomic E-state index is 5.63. The summed E-state index contributed by atoms with van der Waals surface area (Å²) >= 11 is 1.89. The third-order valence-corrected chi connectivity index (χ3v) is 7.48. The van der Waals surface area contributed by atoms with Crippen LogP contribution in [0.25, 0.3) is 16.7 Å². The second-order valence-corrected chi connectivity index (χ2v) is 9.67. The molecule has 3 aliphatic heterocycles. The van der Waals surface area contributed by atoms with Crippen molar-refractivity contribution in [3.05, 3.63) is 51.9 Å². The van der Waals surface area contributed by atoms with Gasteiger partial charge < -0.3 is 15.0 Å². The van der Waals surface area contributed by atoms with Gasteiger partial charge in [0.2, 0.25) is 0 Å². The summed E-state index contributed by atoms with van der Waals surface area (Å²) in [7, 11) is 0. The summed E-state index contributed by atoms with van der Waals surface area (Å²) in [6.45, 7) is 8.59. The van der Waals surface area contributed by atoms with Crippen LogP contribution >= 0.6 is 11.3 Å². The first-order valence-corrected chi connectivity index (χ1v) is 12.1. The minimum absolute atomic E-state index is 0.726. The highest BCUT2D eigenvalue weighted by Gasteiger charge is 2.30. The van der Waals surface area contributed by atoms with Gasteiger partial charge in [0.05, 0.1) is 46.4 Å². The summed E-state index contributed by atoms with van der Waals surface area (Å²) in [4.78, 5) is 13.8. The molecule has 0 radical (unpaired) electrons. The number of hydrogen-bond acceptors (Lipinski definition) is 7. The molecule has 5 heterocycles. The van der Waals surface area contributed by atoms with Gasteiger partial charge in [0, 0.05) is 32.1 Å². The Balaban J connectivity index is 1.43. The molecule has 1 N–H and O–H groups in total. The lowest BCUT2D eigenvalue weighted by molar-refractivity contribution is 0.0636. The molecule has 0 saturated carbocycles. The van der Waals surface area contributed by atoms with E-state index < -0.39 is 0 Å². The highest BCUT2D eigenvalue weighted by atomic mass is 32.1. The molecule has 0 bridgehead atoms. The van der Waals surface area contributed by atoms with Gasteiger partial charge in [-0.3, -0.25) is 5.01 Å². The van der Waals surface area contributed by atoms with Crippen molar-refractivity contribution in [2.75, 3.05) is 44.4 Å². The van der Waals surface area contributed by atoms with Gasteiger partial charge in [0.1, 0.15) is 11.5 Å². The molecule has 31 heavy (non-hydrogen) atoms. The van der Waals surface area contributed by atoms with Crippen molar-refractivity contribution in [2.45, 2.75) is 26.3 Å². The minimum Gasteiger partial charge on any atom is -0.378 e. The van der Waals surface area contributed by atoms with Gasteiger partial charge in [-0.25, -0.2) is 14.6 Å². The number of nitrogens with zero attached hydrogens (tertiary/aromatic N) is 5. The fraction of sp³-hybridized carbons (Fsp3) is 0.478. The summed E-state index contributed by atoms with van der Waals surface area (Å²) < 4.78 is 7.93. The van der Waals surface area contributed by atoms with E-state index in [9.17, 15) is 0 Å². The van der Waals surface area contributed by atoms with Gasteiger partial charge >= 0.3 is 0 Å². The highest BCUT2D eigenvalue weighted by Crippen LogP contribution is 2.35. The Labute approximate surface area is 186 Å². The third kappa shape index (κ3) is 3.43. The maximum Gasteiger partial charge on any atom is 0.129 e. The number of aryl methyl sites for hydroxylation is 1. The lowest BCUT2D eigenvalue weighted by Gasteiger charge is -2.35.